The average Bonchev–Trinajstić information content (AvgIpc) is 2.85. The summed E-state index contributed by atoms with van der Waals surface area (Å²) >= 11 is 0. The van der Waals surface area contributed by atoms with Gasteiger partial charge in [0.15, 0.2) is 11.6 Å². The number of benzene rings is 4. The minimum absolute atomic E-state index is 0.198. The molecule has 0 saturated heterocycles. The van der Waals surface area contributed by atoms with E-state index in [2.05, 4.69) is 17.7 Å². The smallest absolute Gasteiger partial charge is 0.399 e. The predicted molar refractivity (Wildman–Crippen MR) is 134 cm³/mol. The van der Waals surface area contributed by atoms with Gasteiger partial charge in [0, 0.05) is 0 Å². The van der Waals surface area contributed by atoms with E-state index in [-0.39, 0.29) is 5.56 Å². The zero-order valence-electron chi connectivity index (χ0n) is 20.6. The number of ether oxygens (including phenoxy) is 1. The van der Waals surface area contributed by atoms with E-state index >= 15 is 0 Å². The van der Waals surface area contributed by atoms with Gasteiger partial charge in [-0.05, 0) is 76.2 Å². The van der Waals surface area contributed by atoms with E-state index in [1.165, 1.54) is 31.2 Å². The van der Waals surface area contributed by atoms with Crippen molar-refractivity contribution in [3.63, 3.8) is 0 Å². The Morgan fingerprint density at radius 2 is 1.18 bits per heavy atom. The lowest BCUT2D eigenvalue weighted by Crippen LogP contribution is -2.19. The zero-order chi connectivity index (χ0) is 27.4. The van der Waals surface area contributed by atoms with Crippen molar-refractivity contribution in [2.45, 2.75) is 51.8 Å². The van der Waals surface area contributed by atoms with Gasteiger partial charge in [-0.1, -0.05) is 62.9 Å². The van der Waals surface area contributed by atoms with E-state index < -0.39 is 46.5 Å². The van der Waals surface area contributed by atoms with Crippen LogP contribution >= 0.6 is 0 Å². The highest BCUT2D eigenvalue weighted by molar-refractivity contribution is 5.88. The number of halogens is 7. The standard InChI is InChI=1S/C30H25F7O/c1-2-3-4-5-6-7-18-8-9-20-13-21(11-10-19(20)12-18)22-14-24(31)28(25(32)15-22)23-16-26(33)29(27(34)17-23)38-30(35,36)37/h8-17H,2-7H2,1H3. The molecule has 0 aliphatic carbocycles. The maximum Gasteiger partial charge on any atom is 0.573 e. The maximum atomic E-state index is 15.0. The Hall–Kier alpha value is -3.55. The van der Waals surface area contributed by atoms with Crippen LogP contribution in [0, 0.1) is 23.3 Å². The summed E-state index contributed by atoms with van der Waals surface area (Å²) in [6.45, 7) is 2.18. The van der Waals surface area contributed by atoms with Crippen molar-refractivity contribution in [1.29, 1.82) is 0 Å². The Labute approximate surface area is 215 Å². The first-order valence-electron chi connectivity index (χ1n) is 12.3. The fourth-order valence-electron chi connectivity index (χ4n) is 4.50. The van der Waals surface area contributed by atoms with E-state index in [1.54, 1.807) is 12.1 Å². The quantitative estimate of drug-likeness (QED) is 0.153. The highest BCUT2D eigenvalue weighted by Crippen LogP contribution is 2.36. The zero-order valence-corrected chi connectivity index (χ0v) is 20.6. The molecular formula is C30H25F7O. The summed E-state index contributed by atoms with van der Waals surface area (Å²) < 4.78 is 98.7. The van der Waals surface area contributed by atoms with Crippen LogP contribution in [0.2, 0.25) is 0 Å². The molecule has 0 amide bonds. The average molecular weight is 535 g/mol. The minimum Gasteiger partial charge on any atom is -0.399 e. The Morgan fingerprint density at radius 1 is 0.605 bits per heavy atom. The van der Waals surface area contributed by atoms with E-state index in [0.29, 0.717) is 17.7 Å². The highest BCUT2D eigenvalue weighted by Gasteiger charge is 2.34. The molecule has 0 aromatic heterocycles. The van der Waals surface area contributed by atoms with Crippen molar-refractivity contribution in [1.82, 2.24) is 0 Å². The molecule has 0 aliphatic heterocycles. The molecule has 4 aromatic rings. The molecule has 0 heterocycles. The molecule has 0 radical (unpaired) electrons. The molecule has 38 heavy (non-hydrogen) atoms. The molecule has 200 valence electrons. The third-order valence-electron chi connectivity index (χ3n) is 6.35. The molecule has 8 heteroatoms. The Kier molecular flexibility index (Phi) is 8.29. The van der Waals surface area contributed by atoms with Crippen molar-refractivity contribution >= 4 is 10.8 Å². The van der Waals surface area contributed by atoms with Crippen LogP contribution in [0.3, 0.4) is 0 Å². The summed E-state index contributed by atoms with van der Waals surface area (Å²) in [6, 6.07) is 14.3. The lowest BCUT2D eigenvalue weighted by atomic mass is 9.96. The molecule has 0 aliphatic rings. The summed E-state index contributed by atoms with van der Waals surface area (Å²) in [5.74, 6) is -7.43. The van der Waals surface area contributed by atoms with Gasteiger partial charge >= 0.3 is 6.36 Å². The third-order valence-corrected chi connectivity index (χ3v) is 6.35. The van der Waals surface area contributed by atoms with Crippen LogP contribution in [-0.4, -0.2) is 6.36 Å². The van der Waals surface area contributed by atoms with Gasteiger partial charge in [0.1, 0.15) is 11.6 Å². The van der Waals surface area contributed by atoms with Gasteiger partial charge in [0.25, 0.3) is 0 Å². The molecule has 0 fully saturated rings. The van der Waals surface area contributed by atoms with E-state index in [9.17, 15) is 30.7 Å². The van der Waals surface area contributed by atoms with Crippen LogP contribution in [0.4, 0.5) is 30.7 Å². The van der Waals surface area contributed by atoms with Gasteiger partial charge in [-0.15, -0.1) is 13.2 Å². The monoisotopic (exact) mass is 534 g/mol. The van der Waals surface area contributed by atoms with Crippen LogP contribution in [0.1, 0.15) is 44.6 Å². The van der Waals surface area contributed by atoms with E-state index in [1.807, 2.05) is 18.2 Å². The largest absolute Gasteiger partial charge is 0.573 e. The highest BCUT2D eigenvalue weighted by atomic mass is 19.4. The van der Waals surface area contributed by atoms with Crippen LogP contribution in [0.5, 0.6) is 5.75 Å². The molecule has 0 unspecified atom stereocenters. The summed E-state index contributed by atoms with van der Waals surface area (Å²) in [5, 5.41) is 1.87. The lowest BCUT2D eigenvalue weighted by Gasteiger charge is -2.13. The van der Waals surface area contributed by atoms with Crippen molar-refractivity contribution in [3.05, 3.63) is 89.5 Å². The summed E-state index contributed by atoms with van der Waals surface area (Å²) in [7, 11) is 0. The molecule has 0 spiro atoms. The SMILES string of the molecule is CCCCCCCc1ccc2cc(-c3cc(F)c(-c4cc(F)c(OC(F)(F)F)c(F)c4)c(F)c3)ccc2c1. The molecule has 4 rings (SSSR count). The van der Waals surface area contributed by atoms with Gasteiger partial charge < -0.3 is 4.74 Å². The number of hydrogen-bond acceptors (Lipinski definition) is 1. The Bertz CT molecular complexity index is 1400. The summed E-state index contributed by atoms with van der Waals surface area (Å²) in [5.41, 5.74) is 0.574. The Balaban J connectivity index is 1.59. The van der Waals surface area contributed by atoms with Gasteiger partial charge in [-0.2, -0.15) is 0 Å². The normalized spacial score (nSPS) is 11.8. The fourth-order valence-corrected chi connectivity index (χ4v) is 4.50. The van der Waals surface area contributed by atoms with Gasteiger partial charge in [-0.25, -0.2) is 17.6 Å². The number of hydrogen-bond donors (Lipinski definition) is 0. The molecule has 0 atom stereocenters. The number of fused-ring (bicyclic) bond motifs is 1. The summed E-state index contributed by atoms with van der Waals surface area (Å²) in [6.07, 6.45) is 1.59. The van der Waals surface area contributed by atoms with Crippen molar-refractivity contribution in [3.8, 4) is 28.0 Å². The van der Waals surface area contributed by atoms with Gasteiger partial charge in [-0.3, -0.25) is 0 Å². The second-order valence-corrected chi connectivity index (χ2v) is 9.19. The number of unbranched alkanes of at least 4 members (excludes halogenated alkanes) is 4. The minimum atomic E-state index is -5.34. The Morgan fingerprint density at radius 3 is 1.82 bits per heavy atom. The number of rotatable bonds is 9. The molecular weight excluding hydrogens is 509 g/mol. The molecule has 0 bridgehead atoms. The first kappa shape index (κ1) is 27.5. The molecule has 0 N–H and O–H groups in total. The molecule has 0 saturated carbocycles. The fraction of sp³-hybridized carbons (Fsp3) is 0.267. The third kappa shape index (κ3) is 6.47. The first-order chi connectivity index (χ1) is 18.1. The van der Waals surface area contributed by atoms with Crippen LogP contribution < -0.4 is 4.74 Å². The first-order valence-corrected chi connectivity index (χ1v) is 12.3. The van der Waals surface area contributed by atoms with Crippen LogP contribution in [0.15, 0.2) is 60.7 Å². The summed E-state index contributed by atoms with van der Waals surface area (Å²) in [4.78, 5) is 0. The van der Waals surface area contributed by atoms with Crippen LogP contribution in [-0.2, 0) is 6.42 Å². The van der Waals surface area contributed by atoms with E-state index in [4.69, 9.17) is 0 Å². The lowest BCUT2D eigenvalue weighted by molar-refractivity contribution is -0.276. The van der Waals surface area contributed by atoms with Gasteiger partial charge in [0.05, 0.1) is 5.56 Å². The topological polar surface area (TPSA) is 9.23 Å². The van der Waals surface area contributed by atoms with Gasteiger partial charge in [0.2, 0.25) is 5.75 Å². The molecule has 1 nitrogen and oxygen atoms in total. The van der Waals surface area contributed by atoms with Crippen LogP contribution in [0.25, 0.3) is 33.0 Å². The second-order valence-electron chi connectivity index (χ2n) is 9.19. The number of alkyl halides is 3. The molecule has 4 aromatic carbocycles. The predicted octanol–water partition coefficient (Wildman–Crippen LogP) is 10.1. The maximum absolute atomic E-state index is 15.0. The second kappa shape index (κ2) is 11.5. The van der Waals surface area contributed by atoms with Crippen molar-refractivity contribution in [2.24, 2.45) is 0 Å². The van der Waals surface area contributed by atoms with Crippen molar-refractivity contribution < 1.29 is 35.5 Å². The number of aryl methyl sites for hydroxylation is 1. The van der Waals surface area contributed by atoms with E-state index in [0.717, 1.165) is 35.7 Å². The van der Waals surface area contributed by atoms with Crippen molar-refractivity contribution in [2.75, 3.05) is 0 Å².